The topological polar surface area (TPSA) is 22.1 Å². The molecule has 2 heteroatoms. The van der Waals surface area contributed by atoms with Crippen LogP contribution in [0.15, 0.2) is 42.6 Å². The molecule has 2 aromatic rings. The van der Waals surface area contributed by atoms with Gasteiger partial charge >= 0.3 is 0 Å². The molecule has 0 bridgehead atoms. The summed E-state index contributed by atoms with van der Waals surface area (Å²) in [5.41, 5.74) is 3.58. The molecule has 1 saturated carbocycles. The van der Waals surface area contributed by atoms with Crippen molar-refractivity contribution >= 4 is 0 Å². The predicted octanol–water partition coefficient (Wildman–Crippen LogP) is 8.64. The van der Waals surface area contributed by atoms with Crippen molar-refractivity contribution in [2.45, 2.75) is 97.3 Å². The Morgan fingerprint density at radius 1 is 0.774 bits per heavy atom. The first kappa shape index (κ1) is 23.8. The van der Waals surface area contributed by atoms with Crippen LogP contribution in [0.1, 0.15) is 96.5 Å². The van der Waals surface area contributed by atoms with Crippen molar-refractivity contribution in [2.75, 3.05) is 6.61 Å². The second-order valence-electron chi connectivity index (χ2n) is 9.55. The molecular formula is C29H43NO. The van der Waals surface area contributed by atoms with Crippen LogP contribution < -0.4 is 4.74 Å². The summed E-state index contributed by atoms with van der Waals surface area (Å²) in [4.78, 5) is 4.73. The molecule has 2 nitrogen and oxygen atoms in total. The number of pyridine rings is 1. The van der Waals surface area contributed by atoms with Crippen LogP contribution in [0.4, 0.5) is 0 Å². The Hall–Kier alpha value is -1.83. The summed E-state index contributed by atoms with van der Waals surface area (Å²) in [6, 6.07) is 12.7. The number of nitrogens with zero attached hydrogens (tertiary/aromatic N) is 1. The Bertz CT molecular complexity index is 713. The Kier molecular flexibility index (Phi) is 10.4. The third-order valence-corrected chi connectivity index (χ3v) is 6.97. The quantitative estimate of drug-likeness (QED) is 0.302. The van der Waals surface area contributed by atoms with Gasteiger partial charge in [0.1, 0.15) is 5.75 Å². The maximum Gasteiger partial charge on any atom is 0.119 e. The molecule has 1 fully saturated rings. The van der Waals surface area contributed by atoms with E-state index in [1.165, 1.54) is 82.6 Å². The first-order valence-corrected chi connectivity index (χ1v) is 13.0. The molecular weight excluding hydrogens is 378 g/mol. The van der Waals surface area contributed by atoms with Gasteiger partial charge in [0.15, 0.2) is 0 Å². The Labute approximate surface area is 190 Å². The van der Waals surface area contributed by atoms with Crippen molar-refractivity contribution in [3.63, 3.8) is 0 Å². The zero-order valence-electron chi connectivity index (χ0n) is 20.0. The van der Waals surface area contributed by atoms with Gasteiger partial charge in [-0.15, -0.1) is 0 Å². The van der Waals surface area contributed by atoms with E-state index in [1.54, 1.807) is 0 Å². The highest BCUT2D eigenvalue weighted by molar-refractivity contribution is 5.60. The maximum absolute atomic E-state index is 5.67. The summed E-state index contributed by atoms with van der Waals surface area (Å²) in [6.45, 7) is 5.20. The van der Waals surface area contributed by atoms with Crippen LogP contribution in [-0.4, -0.2) is 11.6 Å². The average Bonchev–Trinajstić information content (AvgIpc) is 2.83. The summed E-state index contributed by atoms with van der Waals surface area (Å²) in [5, 5.41) is 0. The summed E-state index contributed by atoms with van der Waals surface area (Å²) in [7, 11) is 0. The summed E-state index contributed by atoms with van der Waals surface area (Å²) >= 11 is 0. The molecule has 0 N–H and O–H groups in total. The van der Waals surface area contributed by atoms with E-state index in [4.69, 9.17) is 9.72 Å². The molecule has 0 radical (unpaired) electrons. The molecule has 1 aromatic heterocycles. The SMILES string of the molecule is CCCCCCCC1CCC(CCc2ccc(-c3ccc(OCCC)cc3)nc2)CC1. The highest BCUT2D eigenvalue weighted by atomic mass is 16.5. The van der Waals surface area contributed by atoms with E-state index >= 15 is 0 Å². The van der Waals surface area contributed by atoms with Gasteiger partial charge in [-0.2, -0.15) is 0 Å². The van der Waals surface area contributed by atoms with Crippen molar-refractivity contribution in [1.29, 1.82) is 0 Å². The lowest BCUT2D eigenvalue weighted by Gasteiger charge is -2.28. The first-order chi connectivity index (χ1) is 15.3. The zero-order valence-corrected chi connectivity index (χ0v) is 20.0. The Morgan fingerprint density at radius 2 is 1.48 bits per heavy atom. The first-order valence-electron chi connectivity index (χ1n) is 13.0. The molecule has 170 valence electrons. The minimum absolute atomic E-state index is 0.771. The van der Waals surface area contributed by atoms with Gasteiger partial charge in [0, 0.05) is 11.8 Å². The molecule has 1 aliphatic carbocycles. The third kappa shape index (κ3) is 8.31. The number of benzene rings is 1. The van der Waals surface area contributed by atoms with Crippen LogP contribution in [0.5, 0.6) is 5.75 Å². The average molecular weight is 422 g/mol. The van der Waals surface area contributed by atoms with Gasteiger partial charge in [-0.1, -0.05) is 84.1 Å². The number of hydrogen-bond acceptors (Lipinski definition) is 2. The number of aryl methyl sites for hydroxylation is 1. The van der Waals surface area contributed by atoms with Crippen molar-refractivity contribution in [1.82, 2.24) is 4.98 Å². The van der Waals surface area contributed by atoms with Crippen LogP contribution in [0.3, 0.4) is 0 Å². The van der Waals surface area contributed by atoms with Crippen LogP contribution in [0.2, 0.25) is 0 Å². The Morgan fingerprint density at radius 3 is 2.13 bits per heavy atom. The number of rotatable bonds is 13. The van der Waals surface area contributed by atoms with Gasteiger partial charge in [-0.05, 0) is 67.0 Å². The lowest BCUT2D eigenvalue weighted by atomic mass is 9.78. The fourth-order valence-corrected chi connectivity index (χ4v) is 4.90. The molecule has 0 spiro atoms. The second kappa shape index (κ2) is 13.6. The largest absolute Gasteiger partial charge is 0.494 e. The van der Waals surface area contributed by atoms with E-state index in [2.05, 4.69) is 44.3 Å². The number of ether oxygens (including phenoxy) is 1. The van der Waals surface area contributed by atoms with Gasteiger partial charge in [0.25, 0.3) is 0 Å². The van der Waals surface area contributed by atoms with Crippen molar-refractivity contribution in [3.05, 3.63) is 48.2 Å². The fraction of sp³-hybridized carbons (Fsp3) is 0.621. The highest BCUT2D eigenvalue weighted by Gasteiger charge is 2.20. The standard InChI is InChI=1S/C29H43NO/c1-3-5-6-7-8-9-24-10-12-25(13-11-24)14-15-26-16-21-29(30-23-26)27-17-19-28(20-18-27)31-22-4-2/h16-21,23-25H,3-15,22H2,1-2H3. The minimum atomic E-state index is 0.771. The number of unbranched alkanes of at least 4 members (excludes halogenated alkanes) is 4. The molecule has 0 saturated heterocycles. The van der Waals surface area contributed by atoms with Crippen LogP contribution >= 0.6 is 0 Å². The lowest BCUT2D eigenvalue weighted by Crippen LogP contribution is -2.15. The molecule has 0 aliphatic heterocycles. The highest BCUT2D eigenvalue weighted by Crippen LogP contribution is 2.34. The minimum Gasteiger partial charge on any atom is -0.494 e. The van der Waals surface area contributed by atoms with Crippen molar-refractivity contribution in [2.24, 2.45) is 11.8 Å². The monoisotopic (exact) mass is 421 g/mol. The molecule has 1 heterocycles. The van der Waals surface area contributed by atoms with E-state index in [0.717, 1.165) is 41.9 Å². The van der Waals surface area contributed by atoms with E-state index in [-0.39, 0.29) is 0 Å². The second-order valence-corrected chi connectivity index (χ2v) is 9.55. The Balaban J connectivity index is 1.36. The van der Waals surface area contributed by atoms with E-state index in [0.29, 0.717) is 0 Å². The van der Waals surface area contributed by atoms with E-state index in [9.17, 15) is 0 Å². The van der Waals surface area contributed by atoms with Crippen molar-refractivity contribution in [3.8, 4) is 17.0 Å². The van der Waals surface area contributed by atoms with Crippen LogP contribution in [0.25, 0.3) is 11.3 Å². The fourth-order valence-electron chi connectivity index (χ4n) is 4.90. The molecule has 0 amide bonds. The lowest BCUT2D eigenvalue weighted by molar-refractivity contribution is 0.248. The van der Waals surface area contributed by atoms with Gasteiger partial charge in [0.05, 0.1) is 12.3 Å². The van der Waals surface area contributed by atoms with Crippen LogP contribution in [0, 0.1) is 11.8 Å². The maximum atomic E-state index is 5.67. The van der Waals surface area contributed by atoms with Gasteiger partial charge < -0.3 is 4.74 Å². The summed E-state index contributed by atoms with van der Waals surface area (Å²) in [5.74, 6) is 2.87. The van der Waals surface area contributed by atoms with Gasteiger partial charge in [0.2, 0.25) is 0 Å². The van der Waals surface area contributed by atoms with E-state index in [1.807, 2.05) is 12.1 Å². The third-order valence-electron chi connectivity index (χ3n) is 6.97. The van der Waals surface area contributed by atoms with E-state index < -0.39 is 0 Å². The molecule has 1 aliphatic rings. The number of aromatic nitrogens is 1. The molecule has 0 atom stereocenters. The molecule has 3 rings (SSSR count). The van der Waals surface area contributed by atoms with Gasteiger partial charge in [-0.3, -0.25) is 4.98 Å². The van der Waals surface area contributed by atoms with Crippen LogP contribution in [-0.2, 0) is 6.42 Å². The molecule has 0 unspecified atom stereocenters. The number of hydrogen-bond donors (Lipinski definition) is 0. The zero-order chi connectivity index (χ0) is 21.7. The predicted molar refractivity (Wildman–Crippen MR) is 133 cm³/mol. The summed E-state index contributed by atoms with van der Waals surface area (Å²) in [6.07, 6.45) is 20.0. The van der Waals surface area contributed by atoms with Crippen molar-refractivity contribution < 1.29 is 4.74 Å². The van der Waals surface area contributed by atoms with Gasteiger partial charge in [-0.25, -0.2) is 0 Å². The normalized spacial score (nSPS) is 18.8. The summed E-state index contributed by atoms with van der Waals surface area (Å²) < 4.78 is 5.67. The molecule has 31 heavy (non-hydrogen) atoms. The molecule has 1 aromatic carbocycles. The smallest absolute Gasteiger partial charge is 0.119 e.